The standard InChI is InChI=1S/C19H22BrN3O2S/c20-16-3-6-19(25)23(13-16)14-18(24)21-17-4-1-15(2-5-17)7-8-22-9-11-26-12-10-22/h1-6,13H,7-12,14H2,(H,21,24). The highest BCUT2D eigenvalue weighted by molar-refractivity contribution is 9.10. The largest absolute Gasteiger partial charge is 0.325 e. The van der Waals surface area contributed by atoms with Crippen molar-refractivity contribution in [3.8, 4) is 0 Å². The lowest BCUT2D eigenvalue weighted by Crippen LogP contribution is -2.34. The second kappa shape index (κ2) is 9.39. The Bertz CT molecular complexity index is 801. The number of hydrogen-bond donors (Lipinski definition) is 1. The number of nitrogens with one attached hydrogen (secondary N) is 1. The minimum atomic E-state index is -0.219. The minimum Gasteiger partial charge on any atom is -0.325 e. The summed E-state index contributed by atoms with van der Waals surface area (Å²) in [4.78, 5) is 26.4. The molecule has 1 aromatic heterocycles. The van der Waals surface area contributed by atoms with Crippen LogP contribution in [0.3, 0.4) is 0 Å². The molecule has 1 saturated heterocycles. The maximum atomic E-state index is 12.2. The third-order valence-electron chi connectivity index (χ3n) is 4.32. The van der Waals surface area contributed by atoms with Gasteiger partial charge >= 0.3 is 0 Å². The lowest BCUT2D eigenvalue weighted by molar-refractivity contribution is -0.116. The molecule has 0 saturated carbocycles. The normalized spacial score (nSPS) is 15.0. The van der Waals surface area contributed by atoms with Gasteiger partial charge in [-0.3, -0.25) is 9.59 Å². The summed E-state index contributed by atoms with van der Waals surface area (Å²) in [6, 6.07) is 11.1. The summed E-state index contributed by atoms with van der Waals surface area (Å²) in [5.41, 5.74) is 1.82. The molecule has 5 nitrogen and oxygen atoms in total. The van der Waals surface area contributed by atoms with Gasteiger partial charge in [-0.2, -0.15) is 11.8 Å². The molecular formula is C19H22BrN3O2S. The number of carbonyl (C=O) groups is 1. The zero-order chi connectivity index (χ0) is 18.4. The molecule has 0 bridgehead atoms. The number of pyridine rings is 1. The molecule has 1 fully saturated rings. The molecule has 2 heterocycles. The Morgan fingerprint density at radius 2 is 1.85 bits per heavy atom. The SMILES string of the molecule is O=C(Cn1cc(Br)ccc1=O)Nc1ccc(CCN2CCSCC2)cc1. The Kier molecular flexibility index (Phi) is 6.93. The molecule has 1 aliphatic rings. The van der Waals surface area contributed by atoms with Crippen molar-refractivity contribution < 1.29 is 4.79 Å². The lowest BCUT2D eigenvalue weighted by atomic mass is 10.1. The molecule has 7 heteroatoms. The summed E-state index contributed by atoms with van der Waals surface area (Å²) in [6.07, 6.45) is 2.64. The van der Waals surface area contributed by atoms with Crippen molar-refractivity contribution in [3.63, 3.8) is 0 Å². The van der Waals surface area contributed by atoms with Gasteiger partial charge in [0.1, 0.15) is 6.54 Å². The van der Waals surface area contributed by atoms with E-state index in [9.17, 15) is 9.59 Å². The van der Waals surface area contributed by atoms with Crippen LogP contribution in [0, 0.1) is 0 Å². The molecule has 0 atom stereocenters. The van der Waals surface area contributed by atoms with Crippen LogP contribution in [0.4, 0.5) is 5.69 Å². The van der Waals surface area contributed by atoms with Gasteiger partial charge in [0, 0.05) is 53.6 Å². The second-order valence-corrected chi connectivity index (χ2v) is 8.40. The molecule has 1 aromatic carbocycles. The van der Waals surface area contributed by atoms with E-state index >= 15 is 0 Å². The van der Waals surface area contributed by atoms with Gasteiger partial charge in [-0.25, -0.2) is 0 Å². The van der Waals surface area contributed by atoms with Crippen molar-refractivity contribution in [2.75, 3.05) is 36.5 Å². The number of benzene rings is 1. The Morgan fingerprint density at radius 1 is 1.12 bits per heavy atom. The van der Waals surface area contributed by atoms with Crippen molar-refractivity contribution in [2.24, 2.45) is 0 Å². The van der Waals surface area contributed by atoms with Crippen LogP contribution in [0.1, 0.15) is 5.56 Å². The third-order valence-corrected chi connectivity index (χ3v) is 5.73. The molecule has 2 aromatic rings. The first-order valence-corrected chi connectivity index (χ1v) is 10.6. The number of carbonyl (C=O) groups excluding carboxylic acids is 1. The molecule has 0 spiro atoms. The molecule has 1 N–H and O–H groups in total. The van der Waals surface area contributed by atoms with Gasteiger partial charge in [0.25, 0.3) is 5.56 Å². The predicted molar refractivity (Wildman–Crippen MR) is 111 cm³/mol. The Labute approximate surface area is 165 Å². The Balaban J connectivity index is 1.51. The Morgan fingerprint density at radius 3 is 2.58 bits per heavy atom. The van der Waals surface area contributed by atoms with E-state index in [0.29, 0.717) is 0 Å². The second-order valence-electron chi connectivity index (χ2n) is 6.26. The van der Waals surface area contributed by atoms with Gasteiger partial charge in [0.05, 0.1) is 0 Å². The highest BCUT2D eigenvalue weighted by Crippen LogP contribution is 2.13. The number of hydrogen-bond acceptors (Lipinski definition) is 4. The van der Waals surface area contributed by atoms with E-state index in [2.05, 4.69) is 38.3 Å². The van der Waals surface area contributed by atoms with Crippen molar-refractivity contribution in [2.45, 2.75) is 13.0 Å². The van der Waals surface area contributed by atoms with E-state index in [1.54, 1.807) is 12.3 Å². The number of aromatic nitrogens is 1. The average Bonchev–Trinajstić information content (AvgIpc) is 2.65. The van der Waals surface area contributed by atoms with E-state index in [-0.39, 0.29) is 18.0 Å². The first-order chi connectivity index (χ1) is 12.6. The number of thioether (sulfide) groups is 1. The quantitative estimate of drug-likeness (QED) is 0.757. The highest BCUT2D eigenvalue weighted by Gasteiger charge is 2.10. The fourth-order valence-electron chi connectivity index (χ4n) is 2.85. The summed E-state index contributed by atoms with van der Waals surface area (Å²) in [6.45, 7) is 3.42. The molecule has 138 valence electrons. The van der Waals surface area contributed by atoms with Crippen molar-refractivity contribution in [3.05, 3.63) is 63.0 Å². The summed E-state index contributed by atoms with van der Waals surface area (Å²) in [5.74, 6) is 2.24. The van der Waals surface area contributed by atoms with Crippen LogP contribution in [0.5, 0.6) is 0 Å². The fraction of sp³-hybridized carbons (Fsp3) is 0.368. The Hall–Kier alpha value is -1.57. The number of halogens is 1. The summed E-state index contributed by atoms with van der Waals surface area (Å²) >= 11 is 5.33. The van der Waals surface area contributed by atoms with Gasteiger partial charge < -0.3 is 14.8 Å². The van der Waals surface area contributed by atoms with Crippen LogP contribution in [-0.2, 0) is 17.8 Å². The van der Waals surface area contributed by atoms with E-state index in [4.69, 9.17) is 0 Å². The van der Waals surface area contributed by atoms with Gasteiger partial charge in [0.2, 0.25) is 5.91 Å². The van der Waals surface area contributed by atoms with Crippen LogP contribution in [0.25, 0.3) is 0 Å². The zero-order valence-electron chi connectivity index (χ0n) is 14.5. The first kappa shape index (κ1) is 19.2. The van der Waals surface area contributed by atoms with Gasteiger partial charge in [0.15, 0.2) is 0 Å². The maximum absolute atomic E-state index is 12.2. The number of anilines is 1. The molecule has 0 radical (unpaired) electrons. The van der Waals surface area contributed by atoms with Crippen LogP contribution in [-0.4, -0.2) is 46.5 Å². The highest BCUT2D eigenvalue weighted by atomic mass is 79.9. The minimum absolute atomic E-state index is 0.00695. The van der Waals surface area contributed by atoms with Gasteiger partial charge in [-0.05, 0) is 46.1 Å². The van der Waals surface area contributed by atoms with Crippen molar-refractivity contribution in [1.29, 1.82) is 0 Å². The van der Waals surface area contributed by atoms with Crippen LogP contribution >= 0.6 is 27.7 Å². The topological polar surface area (TPSA) is 54.3 Å². The smallest absolute Gasteiger partial charge is 0.251 e. The molecule has 0 aliphatic carbocycles. The van der Waals surface area contributed by atoms with E-state index in [0.717, 1.165) is 23.1 Å². The molecule has 1 aliphatic heterocycles. The van der Waals surface area contributed by atoms with Gasteiger partial charge in [-0.1, -0.05) is 12.1 Å². The van der Waals surface area contributed by atoms with Crippen LogP contribution in [0.2, 0.25) is 0 Å². The maximum Gasteiger partial charge on any atom is 0.251 e. The predicted octanol–water partition coefficient (Wildman–Crippen LogP) is 2.84. The molecule has 26 heavy (non-hydrogen) atoms. The third kappa shape index (κ3) is 5.72. The number of nitrogens with zero attached hydrogens (tertiary/aromatic N) is 2. The average molecular weight is 436 g/mol. The van der Waals surface area contributed by atoms with E-state index in [1.807, 2.05) is 23.9 Å². The number of rotatable bonds is 6. The molecule has 1 amide bonds. The number of amides is 1. The van der Waals surface area contributed by atoms with Crippen LogP contribution in [0.15, 0.2) is 51.9 Å². The van der Waals surface area contributed by atoms with Crippen LogP contribution < -0.4 is 10.9 Å². The molecule has 3 rings (SSSR count). The lowest BCUT2D eigenvalue weighted by Gasteiger charge is -2.26. The monoisotopic (exact) mass is 435 g/mol. The zero-order valence-corrected chi connectivity index (χ0v) is 16.9. The van der Waals surface area contributed by atoms with E-state index < -0.39 is 0 Å². The van der Waals surface area contributed by atoms with Gasteiger partial charge in [-0.15, -0.1) is 0 Å². The summed E-state index contributed by atoms with van der Waals surface area (Å²) in [7, 11) is 0. The summed E-state index contributed by atoms with van der Waals surface area (Å²) < 4.78 is 2.14. The summed E-state index contributed by atoms with van der Waals surface area (Å²) in [5, 5.41) is 2.84. The van der Waals surface area contributed by atoms with E-state index in [1.165, 1.54) is 40.8 Å². The molecule has 0 unspecified atom stereocenters. The molecular weight excluding hydrogens is 414 g/mol. The fourth-order valence-corrected chi connectivity index (χ4v) is 4.21. The van der Waals surface area contributed by atoms with Crippen molar-refractivity contribution >= 4 is 39.3 Å². The first-order valence-electron chi connectivity index (χ1n) is 8.65. The van der Waals surface area contributed by atoms with Crippen molar-refractivity contribution in [1.82, 2.24) is 9.47 Å².